The lowest BCUT2D eigenvalue weighted by Gasteiger charge is -2.21. The van der Waals surface area contributed by atoms with Crippen molar-refractivity contribution in [3.8, 4) is 0 Å². The molecule has 1 aromatic carbocycles. The number of benzene rings is 1. The predicted octanol–water partition coefficient (Wildman–Crippen LogP) is 2.42. The van der Waals surface area contributed by atoms with Crippen LogP contribution in [0, 0.1) is 0 Å². The van der Waals surface area contributed by atoms with Crippen molar-refractivity contribution in [1.82, 2.24) is 20.2 Å². The number of aromatic nitrogens is 4. The van der Waals surface area contributed by atoms with E-state index in [0.717, 1.165) is 31.6 Å². The van der Waals surface area contributed by atoms with Gasteiger partial charge in [-0.1, -0.05) is 12.8 Å². The van der Waals surface area contributed by atoms with Gasteiger partial charge in [-0.25, -0.2) is 10.1 Å². The lowest BCUT2D eigenvalue weighted by atomic mass is 10.2. The van der Waals surface area contributed by atoms with Crippen LogP contribution < -0.4 is 21.5 Å². The lowest BCUT2D eigenvalue weighted by molar-refractivity contribution is 0.726. The number of rotatable bonds is 3. The van der Waals surface area contributed by atoms with Gasteiger partial charge in [-0.05, 0) is 37.1 Å². The Morgan fingerprint density at radius 3 is 2.50 bits per heavy atom. The Morgan fingerprint density at radius 2 is 1.77 bits per heavy atom. The molecule has 0 spiro atoms. The summed E-state index contributed by atoms with van der Waals surface area (Å²) >= 11 is 0. The molecular weight excluding hydrogens is 330 g/mol. The molecule has 0 bridgehead atoms. The smallest absolute Gasteiger partial charge is 0.277 e. The molecule has 1 aliphatic heterocycles. The minimum absolute atomic E-state index is 0.317. The monoisotopic (exact) mass is 351 g/mol. The summed E-state index contributed by atoms with van der Waals surface area (Å²) in [7, 11) is 0. The number of nitrogens with one attached hydrogen (secondary N) is 2. The number of H-pyrrole nitrogens is 1. The van der Waals surface area contributed by atoms with Crippen molar-refractivity contribution in [2.75, 3.05) is 29.0 Å². The molecule has 3 heterocycles. The van der Waals surface area contributed by atoms with Gasteiger partial charge in [-0.2, -0.15) is 10.1 Å². The second-order valence-corrected chi connectivity index (χ2v) is 6.48. The summed E-state index contributed by atoms with van der Waals surface area (Å²) in [4.78, 5) is 23.8. The van der Waals surface area contributed by atoms with Crippen LogP contribution in [0.5, 0.6) is 0 Å². The molecule has 1 aliphatic rings. The number of anilines is 4. The highest BCUT2D eigenvalue weighted by atomic mass is 16.1. The van der Waals surface area contributed by atoms with Crippen LogP contribution in [0.15, 0.2) is 35.3 Å². The normalized spacial score (nSPS) is 15.0. The maximum Gasteiger partial charge on any atom is 0.277 e. The third-order valence-corrected chi connectivity index (χ3v) is 4.57. The predicted molar refractivity (Wildman–Crippen MR) is 103 cm³/mol. The molecule has 1 saturated heterocycles. The molecule has 0 saturated carbocycles. The van der Waals surface area contributed by atoms with Gasteiger partial charge in [-0.15, -0.1) is 0 Å². The van der Waals surface area contributed by atoms with E-state index in [2.05, 4.69) is 30.4 Å². The third-order valence-electron chi connectivity index (χ3n) is 4.57. The molecule has 8 heteroatoms. The fraction of sp³-hybridized carbons (Fsp3) is 0.333. The minimum Gasteiger partial charge on any atom is -0.399 e. The first kappa shape index (κ1) is 16.3. The summed E-state index contributed by atoms with van der Waals surface area (Å²) in [5.41, 5.74) is 7.44. The van der Waals surface area contributed by atoms with E-state index in [-0.39, 0.29) is 5.56 Å². The van der Waals surface area contributed by atoms with Crippen LogP contribution in [0.1, 0.15) is 25.7 Å². The quantitative estimate of drug-likeness (QED) is 0.621. The van der Waals surface area contributed by atoms with Crippen molar-refractivity contribution in [2.45, 2.75) is 25.7 Å². The molecule has 2 aromatic heterocycles. The summed E-state index contributed by atoms with van der Waals surface area (Å²) in [6, 6.07) is 7.30. The van der Waals surface area contributed by atoms with E-state index in [1.54, 1.807) is 18.3 Å². The van der Waals surface area contributed by atoms with Crippen molar-refractivity contribution in [3.63, 3.8) is 0 Å². The first-order valence-electron chi connectivity index (χ1n) is 8.84. The van der Waals surface area contributed by atoms with Crippen LogP contribution in [0.3, 0.4) is 0 Å². The van der Waals surface area contributed by atoms with Crippen molar-refractivity contribution in [3.05, 3.63) is 40.8 Å². The molecule has 26 heavy (non-hydrogen) atoms. The van der Waals surface area contributed by atoms with Gasteiger partial charge in [0.2, 0.25) is 5.95 Å². The summed E-state index contributed by atoms with van der Waals surface area (Å²) < 4.78 is 0. The number of fused-ring (bicyclic) bond motifs is 1. The van der Waals surface area contributed by atoms with Crippen LogP contribution in [-0.2, 0) is 0 Å². The molecule has 0 atom stereocenters. The zero-order valence-corrected chi connectivity index (χ0v) is 14.4. The molecule has 8 nitrogen and oxygen atoms in total. The van der Waals surface area contributed by atoms with E-state index in [9.17, 15) is 4.79 Å². The summed E-state index contributed by atoms with van der Waals surface area (Å²) in [5.74, 6) is 1.10. The van der Waals surface area contributed by atoms with E-state index in [1.165, 1.54) is 12.8 Å². The Bertz CT molecular complexity index is 959. The highest BCUT2D eigenvalue weighted by Crippen LogP contribution is 2.25. The molecular formula is C18H21N7O. The fourth-order valence-corrected chi connectivity index (χ4v) is 3.20. The first-order chi connectivity index (χ1) is 12.7. The van der Waals surface area contributed by atoms with Crippen molar-refractivity contribution >= 4 is 34.0 Å². The van der Waals surface area contributed by atoms with Crippen LogP contribution >= 0.6 is 0 Å². The Balaban J connectivity index is 1.80. The van der Waals surface area contributed by atoms with Crippen LogP contribution in [-0.4, -0.2) is 33.3 Å². The average Bonchev–Trinajstić information content (AvgIpc) is 2.93. The number of hydrogen-bond donors (Lipinski definition) is 3. The van der Waals surface area contributed by atoms with E-state index in [4.69, 9.17) is 5.73 Å². The number of hydrogen-bond acceptors (Lipinski definition) is 7. The molecule has 4 N–H and O–H groups in total. The van der Waals surface area contributed by atoms with Crippen molar-refractivity contribution in [1.29, 1.82) is 0 Å². The van der Waals surface area contributed by atoms with Gasteiger partial charge in [-0.3, -0.25) is 4.79 Å². The van der Waals surface area contributed by atoms with E-state index in [0.29, 0.717) is 28.4 Å². The Morgan fingerprint density at radius 1 is 1.04 bits per heavy atom. The Hall–Kier alpha value is -3.16. The van der Waals surface area contributed by atoms with Gasteiger partial charge in [0.05, 0.1) is 6.20 Å². The number of nitrogens with two attached hydrogens (primary N) is 1. The highest BCUT2D eigenvalue weighted by Gasteiger charge is 2.17. The number of nitrogen functional groups attached to an aromatic ring is 1. The highest BCUT2D eigenvalue weighted by molar-refractivity contribution is 5.90. The van der Waals surface area contributed by atoms with E-state index < -0.39 is 0 Å². The average molecular weight is 351 g/mol. The van der Waals surface area contributed by atoms with Crippen LogP contribution in [0.2, 0.25) is 0 Å². The van der Waals surface area contributed by atoms with Gasteiger partial charge in [0.1, 0.15) is 16.7 Å². The maximum absolute atomic E-state index is 12.3. The standard InChI is InChI=1S/C18H21N7O/c19-12-5-7-13(8-6-12)21-16-15-14(11-20-24-17(15)26)22-18(23-16)25-9-3-1-2-4-10-25/h5-8,11H,1-4,9-10,19H2,(H,24,26)(H,21,22,23). The van der Waals surface area contributed by atoms with Crippen molar-refractivity contribution in [2.24, 2.45) is 0 Å². The number of aromatic amines is 1. The van der Waals surface area contributed by atoms with Gasteiger partial charge >= 0.3 is 0 Å². The summed E-state index contributed by atoms with van der Waals surface area (Å²) in [5, 5.41) is 9.97. The molecule has 0 amide bonds. The topological polar surface area (TPSA) is 113 Å². The fourth-order valence-electron chi connectivity index (χ4n) is 3.20. The van der Waals surface area contributed by atoms with Gasteiger partial charge in [0, 0.05) is 24.5 Å². The van der Waals surface area contributed by atoms with Crippen LogP contribution in [0.25, 0.3) is 10.9 Å². The SMILES string of the molecule is Nc1ccc(Nc2nc(N3CCCCCC3)nc3cn[nH]c(=O)c23)cc1. The summed E-state index contributed by atoms with van der Waals surface area (Å²) in [6.45, 7) is 1.84. The second kappa shape index (κ2) is 6.99. The minimum atomic E-state index is -0.317. The van der Waals surface area contributed by atoms with Gasteiger partial charge < -0.3 is 16.0 Å². The van der Waals surface area contributed by atoms with Gasteiger partial charge in [0.15, 0.2) is 0 Å². The lowest BCUT2D eigenvalue weighted by Crippen LogP contribution is -2.26. The van der Waals surface area contributed by atoms with Crippen LogP contribution in [0.4, 0.5) is 23.1 Å². The largest absolute Gasteiger partial charge is 0.399 e. The molecule has 134 valence electrons. The molecule has 0 aliphatic carbocycles. The maximum atomic E-state index is 12.3. The molecule has 0 radical (unpaired) electrons. The van der Waals surface area contributed by atoms with Crippen molar-refractivity contribution < 1.29 is 0 Å². The van der Waals surface area contributed by atoms with E-state index in [1.807, 2.05) is 12.1 Å². The van der Waals surface area contributed by atoms with E-state index >= 15 is 0 Å². The molecule has 0 unspecified atom stereocenters. The molecule has 1 fully saturated rings. The number of nitrogens with zero attached hydrogens (tertiary/aromatic N) is 4. The Kier molecular flexibility index (Phi) is 4.39. The zero-order valence-electron chi connectivity index (χ0n) is 14.4. The first-order valence-corrected chi connectivity index (χ1v) is 8.84. The Labute approximate surface area is 150 Å². The second-order valence-electron chi connectivity index (χ2n) is 6.48. The third kappa shape index (κ3) is 3.30. The summed E-state index contributed by atoms with van der Waals surface area (Å²) in [6.07, 6.45) is 6.25. The molecule has 3 aromatic rings. The molecule has 4 rings (SSSR count). The van der Waals surface area contributed by atoms with Gasteiger partial charge in [0.25, 0.3) is 5.56 Å². The zero-order chi connectivity index (χ0) is 17.9.